The highest BCUT2D eigenvalue weighted by Crippen LogP contribution is 2.17. The zero-order valence-electron chi connectivity index (χ0n) is 9.05. The Hall–Kier alpha value is -1.75. The van der Waals surface area contributed by atoms with Crippen LogP contribution >= 0.6 is 15.9 Å². The van der Waals surface area contributed by atoms with Crippen LogP contribution in [0.3, 0.4) is 0 Å². The van der Waals surface area contributed by atoms with E-state index in [1.54, 1.807) is 30.6 Å². The van der Waals surface area contributed by atoms with E-state index in [0.29, 0.717) is 11.4 Å². The predicted octanol–water partition coefficient (Wildman–Crippen LogP) is 2.69. The van der Waals surface area contributed by atoms with Crippen molar-refractivity contribution in [1.82, 2.24) is 9.97 Å². The number of carbonyl (C=O) groups is 1. The van der Waals surface area contributed by atoms with Gasteiger partial charge in [-0.25, -0.2) is 14.8 Å². The van der Waals surface area contributed by atoms with Crippen LogP contribution in [0.1, 0.15) is 10.4 Å². The molecule has 5 heteroatoms. The third-order valence-electron chi connectivity index (χ3n) is 2.16. The van der Waals surface area contributed by atoms with Crippen LogP contribution in [0, 0.1) is 0 Å². The summed E-state index contributed by atoms with van der Waals surface area (Å²) in [5.41, 5.74) is 1.26. The quantitative estimate of drug-likeness (QED) is 0.799. The van der Waals surface area contributed by atoms with Gasteiger partial charge in [0.2, 0.25) is 0 Å². The summed E-state index contributed by atoms with van der Waals surface area (Å²) in [6.07, 6.45) is 3.32. The standard InChI is InChI=1S/C12H9BrN2O2/c1-17-12(16)9-4-2-3-8(5-9)11-14-6-10(13)7-15-11/h2-7H,1H3. The van der Waals surface area contributed by atoms with Gasteiger partial charge in [0.15, 0.2) is 5.82 Å². The van der Waals surface area contributed by atoms with Crippen LogP contribution in [-0.4, -0.2) is 23.0 Å². The van der Waals surface area contributed by atoms with Gasteiger partial charge in [0.1, 0.15) is 0 Å². The van der Waals surface area contributed by atoms with E-state index in [1.165, 1.54) is 7.11 Å². The molecular weight excluding hydrogens is 284 g/mol. The Kier molecular flexibility index (Phi) is 3.49. The van der Waals surface area contributed by atoms with E-state index in [-0.39, 0.29) is 5.97 Å². The van der Waals surface area contributed by atoms with Gasteiger partial charge in [0, 0.05) is 18.0 Å². The van der Waals surface area contributed by atoms with Gasteiger partial charge in [-0.15, -0.1) is 0 Å². The number of carbonyl (C=O) groups excluding carboxylic acids is 1. The number of halogens is 1. The van der Waals surface area contributed by atoms with Crippen LogP contribution in [0.15, 0.2) is 41.1 Å². The van der Waals surface area contributed by atoms with Crippen molar-refractivity contribution in [3.63, 3.8) is 0 Å². The number of ether oxygens (including phenoxy) is 1. The highest BCUT2D eigenvalue weighted by molar-refractivity contribution is 9.10. The van der Waals surface area contributed by atoms with Crippen LogP contribution in [0.2, 0.25) is 0 Å². The average Bonchev–Trinajstić information content (AvgIpc) is 2.39. The minimum atomic E-state index is -0.371. The van der Waals surface area contributed by atoms with Gasteiger partial charge in [-0.2, -0.15) is 0 Å². The molecule has 0 radical (unpaired) electrons. The van der Waals surface area contributed by atoms with Gasteiger partial charge < -0.3 is 4.74 Å². The molecule has 1 aromatic heterocycles. The minimum absolute atomic E-state index is 0.371. The maximum atomic E-state index is 11.4. The number of hydrogen-bond donors (Lipinski definition) is 0. The van der Waals surface area contributed by atoms with Crippen LogP contribution in [0.5, 0.6) is 0 Å². The maximum absolute atomic E-state index is 11.4. The topological polar surface area (TPSA) is 52.1 Å². The molecule has 86 valence electrons. The normalized spacial score (nSPS) is 10.0. The number of nitrogens with zero attached hydrogens (tertiary/aromatic N) is 2. The third kappa shape index (κ3) is 2.68. The zero-order valence-corrected chi connectivity index (χ0v) is 10.6. The molecule has 0 aliphatic carbocycles. The second kappa shape index (κ2) is 5.05. The van der Waals surface area contributed by atoms with Crippen molar-refractivity contribution in [2.75, 3.05) is 7.11 Å². The van der Waals surface area contributed by atoms with E-state index in [2.05, 4.69) is 30.6 Å². The van der Waals surface area contributed by atoms with Gasteiger partial charge in [-0.3, -0.25) is 0 Å². The minimum Gasteiger partial charge on any atom is -0.465 e. The molecule has 0 amide bonds. The van der Waals surface area contributed by atoms with Gasteiger partial charge >= 0.3 is 5.97 Å². The molecule has 0 unspecified atom stereocenters. The SMILES string of the molecule is COC(=O)c1cccc(-c2ncc(Br)cn2)c1. The summed E-state index contributed by atoms with van der Waals surface area (Å²) < 4.78 is 5.47. The molecule has 0 N–H and O–H groups in total. The summed E-state index contributed by atoms with van der Waals surface area (Å²) in [6, 6.07) is 7.01. The summed E-state index contributed by atoms with van der Waals surface area (Å²) >= 11 is 3.27. The number of esters is 1. The van der Waals surface area contributed by atoms with Crippen LogP contribution < -0.4 is 0 Å². The molecule has 2 rings (SSSR count). The average molecular weight is 293 g/mol. The van der Waals surface area contributed by atoms with Gasteiger partial charge in [-0.05, 0) is 28.1 Å². The first kappa shape index (κ1) is 11.7. The smallest absolute Gasteiger partial charge is 0.337 e. The van der Waals surface area contributed by atoms with Gasteiger partial charge in [0.05, 0.1) is 17.1 Å². The molecule has 17 heavy (non-hydrogen) atoms. The Morgan fingerprint density at radius 2 is 2.00 bits per heavy atom. The molecule has 0 aliphatic heterocycles. The lowest BCUT2D eigenvalue weighted by atomic mass is 10.1. The number of benzene rings is 1. The van der Waals surface area contributed by atoms with Crippen molar-refractivity contribution in [2.45, 2.75) is 0 Å². The van der Waals surface area contributed by atoms with Crippen molar-refractivity contribution >= 4 is 21.9 Å². The van der Waals surface area contributed by atoms with Crippen LogP contribution in [-0.2, 0) is 4.74 Å². The molecule has 1 aromatic carbocycles. The second-order valence-corrected chi connectivity index (χ2v) is 4.21. The monoisotopic (exact) mass is 292 g/mol. The Morgan fingerprint density at radius 3 is 2.65 bits per heavy atom. The first-order valence-electron chi connectivity index (χ1n) is 4.87. The van der Waals surface area contributed by atoms with Crippen molar-refractivity contribution in [2.24, 2.45) is 0 Å². The first-order valence-corrected chi connectivity index (χ1v) is 5.66. The fourth-order valence-corrected chi connectivity index (χ4v) is 1.57. The number of hydrogen-bond acceptors (Lipinski definition) is 4. The Labute approximate surface area is 107 Å². The number of aromatic nitrogens is 2. The summed E-state index contributed by atoms with van der Waals surface area (Å²) in [7, 11) is 1.35. The summed E-state index contributed by atoms with van der Waals surface area (Å²) in [5, 5.41) is 0. The van der Waals surface area contributed by atoms with E-state index >= 15 is 0 Å². The van der Waals surface area contributed by atoms with E-state index in [0.717, 1.165) is 10.0 Å². The molecule has 0 saturated carbocycles. The molecule has 0 bridgehead atoms. The van der Waals surface area contributed by atoms with Crippen molar-refractivity contribution in [3.8, 4) is 11.4 Å². The van der Waals surface area contributed by atoms with Crippen molar-refractivity contribution in [1.29, 1.82) is 0 Å². The lowest BCUT2D eigenvalue weighted by Crippen LogP contribution is -2.01. The number of methoxy groups -OCH3 is 1. The van der Waals surface area contributed by atoms with Crippen molar-refractivity contribution in [3.05, 3.63) is 46.7 Å². The largest absolute Gasteiger partial charge is 0.465 e. The molecule has 0 spiro atoms. The number of rotatable bonds is 2. The predicted molar refractivity (Wildman–Crippen MR) is 66.5 cm³/mol. The summed E-state index contributed by atoms with van der Waals surface area (Å²) in [5.74, 6) is 0.197. The highest BCUT2D eigenvalue weighted by atomic mass is 79.9. The molecule has 4 nitrogen and oxygen atoms in total. The van der Waals surface area contributed by atoms with Crippen molar-refractivity contribution < 1.29 is 9.53 Å². The fourth-order valence-electron chi connectivity index (χ4n) is 1.36. The van der Waals surface area contributed by atoms with E-state index in [4.69, 9.17) is 0 Å². The molecule has 0 fully saturated rings. The van der Waals surface area contributed by atoms with Gasteiger partial charge in [-0.1, -0.05) is 12.1 Å². The second-order valence-electron chi connectivity index (χ2n) is 3.30. The Morgan fingerprint density at radius 1 is 1.29 bits per heavy atom. The molecule has 1 heterocycles. The summed E-state index contributed by atoms with van der Waals surface area (Å²) in [6.45, 7) is 0. The molecule has 2 aromatic rings. The molecular formula is C12H9BrN2O2. The first-order chi connectivity index (χ1) is 8.20. The zero-order chi connectivity index (χ0) is 12.3. The Balaban J connectivity index is 2.39. The molecule has 0 aliphatic rings. The van der Waals surface area contributed by atoms with E-state index in [1.807, 2.05) is 6.07 Å². The third-order valence-corrected chi connectivity index (χ3v) is 2.57. The van der Waals surface area contributed by atoms with E-state index in [9.17, 15) is 4.79 Å². The maximum Gasteiger partial charge on any atom is 0.337 e. The lowest BCUT2D eigenvalue weighted by molar-refractivity contribution is 0.0601. The lowest BCUT2D eigenvalue weighted by Gasteiger charge is -2.02. The van der Waals surface area contributed by atoms with E-state index < -0.39 is 0 Å². The summed E-state index contributed by atoms with van der Waals surface area (Å²) in [4.78, 5) is 19.7. The fraction of sp³-hybridized carbons (Fsp3) is 0.0833. The highest BCUT2D eigenvalue weighted by Gasteiger charge is 2.07. The van der Waals surface area contributed by atoms with Crippen LogP contribution in [0.4, 0.5) is 0 Å². The molecule has 0 atom stereocenters. The Bertz CT molecular complexity index is 540. The van der Waals surface area contributed by atoms with Crippen LogP contribution in [0.25, 0.3) is 11.4 Å². The van der Waals surface area contributed by atoms with Gasteiger partial charge in [0.25, 0.3) is 0 Å². The molecule has 0 saturated heterocycles.